The second-order valence-electron chi connectivity index (χ2n) is 3.70. The Morgan fingerprint density at radius 1 is 1.33 bits per heavy atom. The molecule has 21 heavy (non-hydrogen) atoms. The van der Waals surface area contributed by atoms with Crippen LogP contribution < -0.4 is 10.5 Å². The van der Waals surface area contributed by atoms with Gasteiger partial charge < -0.3 is 10.5 Å². The summed E-state index contributed by atoms with van der Waals surface area (Å²) in [5.74, 6) is -0.149. The van der Waals surface area contributed by atoms with Crippen molar-refractivity contribution in [3.05, 3.63) is 41.6 Å². The van der Waals surface area contributed by atoms with Gasteiger partial charge in [0.15, 0.2) is 5.84 Å². The van der Waals surface area contributed by atoms with Gasteiger partial charge in [0.2, 0.25) is 5.88 Å². The Labute approximate surface area is 125 Å². The number of hydrogen-bond acceptors (Lipinski definition) is 6. The first kappa shape index (κ1) is 15.1. The lowest BCUT2D eigenvalue weighted by molar-refractivity contribution is 0.395. The molecule has 0 aromatic carbocycles. The topological polar surface area (TPSA) is 120 Å². The second kappa shape index (κ2) is 6.02. The van der Waals surface area contributed by atoms with Gasteiger partial charge >= 0.3 is 0 Å². The molecule has 8 nitrogen and oxygen atoms in total. The van der Waals surface area contributed by atoms with Crippen LogP contribution in [0.2, 0.25) is 5.02 Å². The summed E-state index contributed by atoms with van der Waals surface area (Å²) in [4.78, 5) is 11.2. The Bertz CT molecular complexity index is 794. The fourth-order valence-electron chi connectivity index (χ4n) is 1.35. The lowest BCUT2D eigenvalue weighted by Crippen LogP contribution is -2.18. The van der Waals surface area contributed by atoms with Crippen molar-refractivity contribution < 1.29 is 13.2 Å². The summed E-state index contributed by atoms with van der Waals surface area (Å²) in [5, 5.41) is -0.00160. The quantitative estimate of drug-likeness (QED) is 0.645. The third kappa shape index (κ3) is 3.44. The van der Waals surface area contributed by atoms with Gasteiger partial charge in [-0.3, -0.25) is 9.97 Å². The smallest absolute Gasteiger partial charge is 0.287 e. The second-order valence-corrected chi connectivity index (χ2v) is 5.68. The first-order chi connectivity index (χ1) is 9.94. The van der Waals surface area contributed by atoms with Crippen molar-refractivity contribution in [2.45, 2.75) is 4.90 Å². The molecular formula is C11H10ClN5O3S. The van der Waals surface area contributed by atoms with Gasteiger partial charge in [-0.2, -0.15) is 8.42 Å². The molecule has 0 amide bonds. The maximum Gasteiger partial charge on any atom is 0.287 e. The summed E-state index contributed by atoms with van der Waals surface area (Å²) in [6, 6.07) is 1.34. The minimum atomic E-state index is -4.10. The van der Waals surface area contributed by atoms with E-state index in [-0.39, 0.29) is 27.3 Å². The highest BCUT2D eigenvalue weighted by atomic mass is 35.5. The van der Waals surface area contributed by atoms with Gasteiger partial charge in [0.1, 0.15) is 10.6 Å². The lowest BCUT2D eigenvalue weighted by Gasteiger charge is -2.04. The molecule has 2 heterocycles. The van der Waals surface area contributed by atoms with Crippen LogP contribution in [0.3, 0.4) is 0 Å². The van der Waals surface area contributed by atoms with Crippen LogP contribution in [0.1, 0.15) is 5.69 Å². The van der Waals surface area contributed by atoms with E-state index in [1.54, 1.807) is 0 Å². The number of sulfonamides is 1. The van der Waals surface area contributed by atoms with Crippen LogP contribution in [0.15, 0.2) is 40.1 Å². The zero-order chi connectivity index (χ0) is 15.5. The largest absolute Gasteiger partial charge is 0.480 e. The fourth-order valence-corrected chi connectivity index (χ4v) is 2.71. The van der Waals surface area contributed by atoms with E-state index in [0.29, 0.717) is 0 Å². The number of aromatic nitrogens is 3. The van der Waals surface area contributed by atoms with Crippen molar-refractivity contribution in [1.29, 1.82) is 0 Å². The molecule has 2 aromatic heterocycles. The van der Waals surface area contributed by atoms with Gasteiger partial charge in [-0.25, -0.2) is 4.98 Å². The van der Waals surface area contributed by atoms with Crippen molar-refractivity contribution >= 4 is 27.5 Å². The third-order valence-electron chi connectivity index (χ3n) is 2.31. The predicted octanol–water partition coefficient (Wildman–Crippen LogP) is 0.628. The van der Waals surface area contributed by atoms with E-state index in [4.69, 9.17) is 22.1 Å². The average molecular weight is 328 g/mol. The normalized spacial score (nSPS) is 12.2. The molecule has 10 heteroatoms. The molecule has 0 bridgehead atoms. The molecule has 0 spiro atoms. The van der Waals surface area contributed by atoms with Crippen LogP contribution in [-0.4, -0.2) is 36.3 Å². The van der Waals surface area contributed by atoms with E-state index < -0.39 is 10.0 Å². The fraction of sp³-hybridized carbons (Fsp3) is 0.0909. The first-order valence-corrected chi connectivity index (χ1v) is 7.32. The zero-order valence-corrected chi connectivity index (χ0v) is 12.3. The minimum absolute atomic E-state index is 0.00160. The maximum absolute atomic E-state index is 12.1. The Morgan fingerprint density at radius 3 is 2.76 bits per heavy atom. The highest BCUT2D eigenvalue weighted by molar-refractivity contribution is 7.90. The van der Waals surface area contributed by atoms with Crippen LogP contribution >= 0.6 is 11.6 Å². The molecule has 2 N–H and O–H groups in total. The number of pyridine rings is 1. The summed E-state index contributed by atoms with van der Waals surface area (Å²) in [6.45, 7) is 0. The Kier molecular flexibility index (Phi) is 4.34. The molecule has 0 saturated heterocycles. The molecular weight excluding hydrogens is 318 g/mol. The predicted molar refractivity (Wildman–Crippen MR) is 75.7 cm³/mol. The van der Waals surface area contributed by atoms with E-state index in [1.807, 2.05) is 0 Å². The van der Waals surface area contributed by atoms with Gasteiger partial charge in [-0.05, 0) is 6.07 Å². The van der Waals surface area contributed by atoms with E-state index in [9.17, 15) is 8.42 Å². The molecule has 0 aliphatic heterocycles. The molecule has 110 valence electrons. The van der Waals surface area contributed by atoms with Crippen LogP contribution in [0, 0.1) is 0 Å². The number of hydrogen-bond donors (Lipinski definition) is 1. The monoisotopic (exact) mass is 327 g/mol. The van der Waals surface area contributed by atoms with Crippen LogP contribution in [0.5, 0.6) is 5.88 Å². The number of amidine groups is 1. The number of rotatable bonds is 4. The summed E-state index contributed by atoms with van der Waals surface area (Å²) in [7, 11) is -2.70. The lowest BCUT2D eigenvalue weighted by atomic mass is 10.4. The van der Waals surface area contributed by atoms with E-state index >= 15 is 0 Å². The molecule has 2 aromatic rings. The first-order valence-electron chi connectivity index (χ1n) is 5.50. The van der Waals surface area contributed by atoms with Crippen molar-refractivity contribution in [2.75, 3.05) is 7.11 Å². The number of halogens is 1. The number of methoxy groups -OCH3 is 1. The van der Waals surface area contributed by atoms with E-state index in [0.717, 1.165) is 6.20 Å². The van der Waals surface area contributed by atoms with Crippen LogP contribution in [-0.2, 0) is 10.0 Å². The molecule has 0 unspecified atom stereocenters. The number of nitrogens with two attached hydrogens (primary N) is 1. The summed E-state index contributed by atoms with van der Waals surface area (Å²) >= 11 is 5.81. The van der Waals surface area contributed by atoms with Crippen molar-refractivity contribution in [1.82, 2.24) is 15.0 Å². The van der Waals surface area contributed by atoms with Crippen LogP contribution in [0.4, 0.5) is 0 Å². The average Bonchev–Trinajstić information content (AvgIpc) is 2.47. The highest BCUT2D eigenvalue weighted by Crippen LogP contribution is 2.21. The molecule has 0 fully saturated rings. The van der Waals surface area contributed by atoms with Crippen molar-refractivity contribution in [3.63, 3.8) is 0 Å². The zero-order valence-electron chi connectivity index (χ0n) is 10.8. The van der Waals surface area contributed by atoms with Crippen LogP contribution in [0.25, 0.3) is 0 Å². The number of nitrogens with zero attached hydrogens (tertiary/aromatic N) is 4. The summed E-state index contributed by atoms with van der Waals surface area (Å²) in [6.07, 6.45) is 5.07. The minimum Gasteiger partial charge on any atom is -0.480 e. The number of ether oxygens (including phenoxy) is 1. The van der Waals surface area contributed by atoms with Gasteiger partial charge in [0, 0.05) is 12.4 Å². The Hall–Kier alpha value is -2.26. The van der Waals surface area contributed by atoms with Gasteiger partial charge in [-0.15, -0.1) is 4.40 Å². The standard InChI is InChI=1S/C11H10ClN5O3S/c1-20-10-6-15-4-8(16-10)11(13)17-21(18,19)9-5-14-3-2-7(9)12/h2-6H,1H3,(H2,13,17). The van der Waals surface area contributed by atoms with Gasteiger partial charge in [0.25, 0.3) is 10.0 Å². The molecule has 0 atom stereocenters. The van der Waals surface area contributed by atoms with Gasteiger partial charge in [0.05, 0.1) is 24.5 Å². The summed E-state index contributed by atoms with van der Waals surface area (Å²) < 4.78 is 32.6. The summed E-state index contributed by atoms with van der Waals surface area (Å²) in [5.41, 5.74) is 5.71. The molecule has 2 rings (SSSR count). The molecule has 0 saturated carbocycles. The molecule has 0 radical (unpaired) electrons. The van der Waals surface area contributed by atoms with Crippen molar-refractivity contribution in [3.8, 4) is 5.88 Å². The SMILES string of the molecule is COc1cncc(C(N)=NS(=O)(=O)c2cnccc2Cl)n1. The van der Waals surface area contributed by atoms with E-state index in [1.165, 1.54) is 31.8 Å². The van der Waals surface area contributed by atoms with Gasteiger partial charge in [-0.1, -0.05) is 11.6 Å². The third-order valence-corrected chi connectivity index (χ3v) is 4.07. The highest BCUT2D eigenvalue weighted by Gasteiger charge is 2.18. The molecule has 0 aliphatic rings. The molecule has 0 aliphatic carbocycles. The Balaban J connectivity index is 2.44. The Morgan fingerprint density at radius 2 is 2.10 bits per heavy atom. The van der Waals surface area contributed by atoms with Crippen molar-refractivity contribution in [2.24, 2.45) is 10.1 Å². The maximum atomic E-state index is 12.1. The van der Waals surface area contributed by atoms with E-state index in [2.05, 4.69) is 19.3 Å².